The molecule has 100 valence electrons. The summed E-state index contributed by atoms with van der Waals surface area (Å²) in [6, 6.07) is 4.41. The number of rotatable bonds is 4. The third-order valence-electron chi connectivity index (χ3n) is 2.45. The van der Waals surface area contributed by atoms with Gasteiger partial charge in [-0.05, 0) is 26.0 Å². The average molecular weight is 279 g/mol. The summed E-state index contributed by atoms with van der Waals surface area (Å²) in [6.45, 7) is 4.23. The third-order valence-corrected chi connectivity index (χ3v) is 3.33. The number of benzene rings is 1. The van der Waals surface area contributed by atoms with Gasteiger partial charge in [-0.3, -0.25) is 10.1 Å². The molecule has 0 aliphatic carbocycles. The van der Waals surface area contributed by atoms with Crippen LogP contribution in [0.4, 0.5) is 15.2 Å². The van der Waals surface area contributed by atoms with Crippen LogP contribution in [0.15, 0.2) is 23.6 Å². The fraction of sp³-hybridized carbons (Fsp3) is 0.231. The molecule has 0 aliphatic heterocycles. The van der Waals surface area contributed by atoms with Crippen molar-refractivity contribution in [1.82, 2.24) is 4.98 Å². The monoisotopic (exact) mass is 279 g/mol. The number of thiazole rings is 1. The van der Waals surface area contributed by atoms with Crippen molar-refractivity contribution in [3.05, 3.63) is 40.7 Å². The second kappa shape index (κ2) is 5.79. The Balaban J connectivity index is 2.25. The smallest absolute Gasteiger partial charge is 0.259 e. The van der Waals surface area contributed by atoms with Crippen LogP contribution < -0.4 is 10.6 Å². The van der Waals surface area contributed by atoms with Gasteiger partial charge in [0, 0.05) is 11.9 Å². The first-order valence-corrected chi connectivity index (χ1v) is 6.75. The number of nitrogens with one attached hydrogen (secondary N) is 2. The maximum absolute atomic E-state index is 13.7. The van der Waals surface area contributed by atoms with Crippen LogP contribution in [0.1, 0.15) is 23.0 Å². The van der Waals surface area contributed by atoms with Gasteiger partial charge in [-0.2, -0.15) is 0 Å². The molecule has 1 aromatic heterocycles. The van der Waals surface area contributed by atoms with Gasteiger partial charge < -0.3 is 5.32 Å². The molecule has 1 amide bonds. The molecular formula is C13H14FN3OS. The van der Waals surface area contributed by atoms with E-state index in [2.05, 4.69) is 15.6 Å². The van der Waals surface area contributed by atoms with Crippen LogP contribution in [-0.2, 0) is 0 Å². The minimum atomic E-state index is -0.440. The fourth-order valence-corrected chi connectivity index (χ4v) is 2.33. The first kappa shape index (κ1) is 13.5. The molecule has 2 N–H and O–H groups in total. The van der Waals surface area contributed by atoms with E-state index in [1.54, 1.807) is 6.07 Å². The van der Waals surface area contributed by atoms with E-state index in [0.29, 0.717) is 11.7 Å². The number of hydrogen-bond donors (Lipinski definition) is 2. The van der Waals surface area contributed by atoms with Gasteiger partial charge in [-0.15, -0.1) is 11.3 Å². The van der Waals surface area contributed by atoms with Gasteiger partial charge in [0.25, 0.3) is 5.91 Å². The van der Waals surface area contributed by atoms with Crippen molar-refractivity contribution in [3.8, 4) is 0 Å². The highest BCUT2D eigenvalue weighted by molar-refractivity contribution is 7.13. The van der Waals surface area contributed by atoms with Crippen LogP contribution in [0, 0.1) is 12.7 Å². The predicted molar refractivity (Wildman–Crippen MR) is 75.4 cm³/mol. The Kier molecular flexibility index (Phi) is 4.11. The van der Waals surface area contributed by atoms with Crippen molar-refractivity contribution in [2.45, 2.75) is 13.8 Å². The largest absolute Gasteiger partial charge is 0.382 e. The summed E-state index contributed by atoms with van der Waals surface area (Å²) in [4.78, 5) is 16.3. The van der Waals surface area contributed by atoms with E-state index >= 15 is 0 Å². The highest BCUT2D eigenvalue weighted by Crippen LogP contribution is 2.22. The molecule has 0 fully saturated rings. The molecule has 0 aliphatic rings. The Morgan fingerprint density at radius 1 is 1.47 bits per heavy atom. The van der Waals surface area contributed by atoms with Gasteiger partial charge >= 0.3 is 0 Å². The van der Waals surface area contributed by atoms with E-state index in [1.165, 1.54) is 23.5 Å². The van der Waals surface area contributed by atoms with Gasteiger partial charge in [0.15, 0.2) is 5.13 Å². The lowest BCUT2D eigenvalue weighted by Gasteiger charge is -2.10. The number of halogens is 1. The predicted octanol–water partition coefficient (Wildman–Crippen LogP) is 3.27. The number of carbonyl (C=O) groups excluding carboxylic acids is 1. The lowest BCUT2D eigenvalue weighted by molar-refractivity contribution is 0.102. The Bertz CT molecular complexity index is 597. The summed E-state index contributed by atoms with van der Waals surface area (Å²) in [5.74, 6) is -0.811. The van der Waals surface area contributed by atoms with Gasteiger partial charge in [0.05, 0.1) is 16.9 Å². The maximum atomic E-state index is 13.7. The van der Waals surface area contributed by atoms with Crippen molar-refractivity contribution < 1.29 is 9.18 Å². The molecule has 0 saturated carbocycles. The minimum absolute atomic E-state index is 0.218. The third kappa shape index (κ3) is 3.08. The zero-order valence-electron chi connectivity index (χ0n) is 10.7. The molecule has 0 saturated heterocycles. The number of amides is 1. The number of aromatic nitrogens is 1. The molecule has 19 heavy (non-hydrogen) atoms. The number of para-hydroxylation sites is 1. The lowest BCUT2D eigenvalue weighted by atomic mass is 10.1. The van der Waals surface area contributed by atoms with E-state index < -0.39 is 5.82 Å². The van der Waals surface area contributed by atoms with Crippen LogP contribution in [0.5, 0.6) is 0 Å². The average Bonchev–Trinajstić information content (AvgIpc) is 2.77. The maximum Gasteiger partial charge on any atom is 0.259 e. The summed E-state index contributed by atoms with van der Waals surface area (Å²) in [5.41, 5.74) is 1.33. The molecule has 0 bridgehead atoms. The first-order chi connectivity index (χ1) is 9.11. The number of hydrogen-bond acceptors (Lipinski definition) is 4. The second-order valence-corrected chi connectivity index (χ2v) is 4.80. The number of nitrogens with zero attached hydrogens (tertiary/aromatic N) is 1. The van der Waals surface area contributed by atoms with E-state index in [0.717, 1.165) is 5.69 Å². The second-order valence-electron chi connectivity index (χ2n) is 3.94. The Morgan fingerprint density at radius 2 is 2.26 bits per heavy atom. The summed E-state index contributed by atoms with van der Waals surface area (Å²) in [6.07, 6.45) is 0. The van der Waals surface area contributed by atoms with E-state index in [4.69, 9.17) is 0 Å². The summed E-state index contributed by atoms with van der Waals surface area (Å²) < 4.78 is 13.7. The minimum Gasteiger partial charge on any atom is -0.382 e. The van der Waals surface area contributed by atoms with E-state index in [1.807, 2.05) is 19.2 Å². The van der Waals surface area contributed by atoms with Crippen molar-refractivity contribution in [3.63, 3.8) is 0 Å². The number of anilines is 2. The van der Waals surface area contributed by atoms with Crippen molar-refractivity contribution in [1.29, 1.82) is 0 Å². The molecular weight excluding hydrogens is 265 g/mol. The Morgan fingerprint density at radius 3 is 2.89 bits per heavy atom. The first-order valence-electron chi connectivity index (χ1n) is 5.87. The van der Waals surface area contributed by atoms with Gasteiger partial charge in [0.1, 0.15) is 5.82 Å². The molecule has 0 radical (unpaired) electrons. The van der Waals surface area contributed by atoms with Gasteiger partial charge in [0.2, 0.25) is 0 Å². The molecule has 6 heteroatoms. The zero-order chi connectivity index (χ0) is 13.8. The molecule has 2 aromatic rings. The highest BCUT2D eigenvalue weighted by atomic mass is 32.1. The molecule has 1 heterocycles. The molecule has 2 rings (SSSR count). The van der Waals surface area contributed by atoms with Crippen LogP contribution in [0.2, 0.25) is 0 Å². The summed E-state index contributed by atoms with van der Waals surface area (Å²) in [5, 5.41) is 7.88. The Labute approximate surface area is 114 Å². The van der Waals surface area contributed by atoms with Crippen LogP contribution >= 0.6 is 11.3 Å². The molecule has 0 spiro atoms. The number of aryl methyl sites for hydroxylation is 1. The van der Waals surface area contributed by atoms with Crippen molar-refractivity contribution in [2.24, 2.45) is 0 Å². The number of carbonyl (C=O) groups is 1. The van der Waals surface area contributed by atoms with E-state index in [9.17, 15) is 9.18 Å². The molecule has 0 unspecified atom stereocenters. The highest BCUT2D eigenvalue weighted by Gasteiger charge is 2.15. The fourth-order valence-electron chi connectivity index (χ4n) is 1.65. The van der Waals surface area contributed by atoms with Crippen molar-refractivity contribution in [2.75, 3.05) is 17.2 Å². The standard InChI is InChI=1S/C13H14FN3OS/c1-3-15-11-9(5-4-6-10(11)14)12(18)17-13-16-8(2)7-19-13/h4-7,15H,3H2,1-2H3,(H,16,17,18). The van der Waals surface area contributed by atoms with Crippen LogP contribution in [0.3, 0.4) is 0 Å². The van der Waals surface area contributed by atoms with Gasteiger partial charge in [-0.25, -0.2) is 9.37 Å². The molecule has 1 aromatic carbocycles. The van der Waals surface area contributed by atoms with E-state index in [-0.39, 0.29) is 17.2 Å². The molecule has 4 nitrogen and oxygen atoms in total. The van der Waals surface area contributed by atoms with Crippen molar-refractivity contribution >= 4 is 28.1 Å². The van der Waals surface area contributed by atoms with Crippen LogP contribution in [0.25, 0.3) is 0 Å². The topological polar surface area (TPSA) is 54.0 Å². The molecule has 0 atom stereocenters. The SMILES string of the molecule is CCNc1c(F)cccc1C(=O)Nc1nc(C)cs1. The summed E-state index contributed by atoms with van der Waals surface area (Å²) >= 11 is 1.34. The lowest BCUT2D eigenvalue weighted by Crippen LogP contribution is -2.15. The quantitative estimate of drug-likeness (QED) is 0.903. The summed E-state index contributed by atoms with van der Waals surface area (Å²) in [7, 11) is 0. The van der Waals surface area contributed by atoms with Crippen LogP contribution in [-0.4, -0.2) is 17.4 Å². The Hall–Kier alpha value is -1.95. The van der Waals surface area contributed by atoms with Gasteiger partial charge in [-0.1, -0.05) is 6.07 Å². The normalized spacial score (nSPS) is 10.3. The zero-order valence-corrected chi connectivity index (χ0v) is 11.5.